The molecule has 0 radical (unpaired) electrons. The third kappa shape index (κ3) is 2.80. The summed E-state index contributed by atoms with van der Waals surface area (Å²) in [6.45, 7) is 2.22. The Morgan fingerprint density at radius 1 is 1.13 bits per heavy atom. The van der Waals surface area contributed by atoms with Crippen molar-refractivity contribution in [3.63, 3.8) is 0 Å². The Morgan fingerprint density at radius 2 is 2.04 bits per heavy atom. The number of carbonyl (C=O) groups is 1. The second-order valence-electron chi connectivity index (χ2n) is 5.52. The molecule has 23 heavy (non-hydrogen) atoms. The Kier molecular flexibility index (Phi) is 3.51. The Bertz CT molecular complexity index is 761. The van der Waals surface area contributed by atoms with Crippen LogP contribution in [0.4, 0.5) is 5.69 Å². The highest BCUT2D eigenvalue weighted by Crippen LogP contribution is 2.32. The molecule has 3 N–H and O–H groups in total. The van der Waals surface area contributed by atoms with Crippen LogP contribution in [0, 0.1) is 0 Å². The molecule has 0 saturated heterocycles. The van der Waals surface area contributed by atoms with Crippen molar-refractivity contribution in [2.24, 2.45) is 0 Å². The topological polar surface area (TPSA) is 71.6 Å². The maximum absolute atomic E-state index is 12.3. The first kappa shape index (κ1) is 13.9. The van der Waals surface area contributed by atoms with Crippen LogP contribution in [0.1, 0.15) is 21.5 Å². The van der Waals surface area contributed by atoms with Gasteiger partial charge in [0.15, 0.2) is 11.5 Å². The summed E-state index contributed by atoms with van der Waals surface area (Å²) in [5.74, 6) is 1.38. The SMILES string of the molecule is O=C(NCc1ccc2c(c1)OCO2)c1ccc2c(c1)CNCN2. The van der Waals surface area contributed by atoms with E-state index in [9.17, 15) is 4.79 Å². The van der Waals surface area contributed by atoms with E-state index in [-0.39, 0.29) is 12.7 Å². The van der Waals surface area contributed by atoms with E-state index in [1.807, 2.05) is 36.4 Å². The lowest BCUT2D eigenvalue weighted by Gasteiger charge is -2.19. The molecular formula is C17H17N3O3. The van der Waals surface area contributed by atoms with Crippen molar-refractivity contribution in [3.8, 4) is 11.5 Å². The highest BCUT2D eigenvalue weighted by atomic mass is 16.7. The van der Waals surface area contributed by atoms with Gasteiger partial charge in [-0.2, -0.15) is 0 Å². The second-order valence-corrected chi connectivity index (χ2v) is 5.52. The first-order valence-corrected chi connectivity index (χ1v) is 7.54. The van der Waals surface area contributed by atoms with Crippen LogP contribution >= 0.6 is 0 Å². The zero-order chi connectivity index (χ0) is 15.6. The van der Waals surface area contributed by atoms with Gasteiger partial charge in [-0.05, 0) is 41.5 Å². The van der Waals surface area contributed by atoms with E-state index in [1.165, 1.54) is 0 Å². The number of ether oxygens (including phenoxy) is 2. The van der Waals surface area contributed by atoms with Crippen LogP contribution in [0.2, 0.25) is 0 Å². The number of hydrogen-bond donors (Lipinski definition) is 3. The van der Waals surface area contributed by atoms with E-state index >= 15 is 0 Å². The van der Waals surface area contributed by atoms with Gasteiger partial charge in [0.1, 0.15) is 0 Å². The minimum absolute atomic E-state index is 0.0870. The summed E-state index contributed by atoms with van der Waals surface area (Å²) in [6, 6.07) is 11.4. The molecule has 2 aromatic carbocycles. The maximum Gasteiger partial charge on any atom is 0.251 e. The van der Waals surface area contributed by atoms with Crippen molar-refractivity contribution >= 4 is 11.6 Å². The molecule has 0 bridgehead atoms. The molecule has 2 aliphatic heterocycles. The van der Waals surface area contributed by atoms with Gasteiger partial charge in [-0.1, -0.05) is 6.07 Å². The van der Waals surface area contributed by atoms with Crippen LogP contribution in [0.25, 0.3) is 0 Å². The molecule has 0 aliphatic carbocycles. The number of anilines is 1. The van der Waals surface area contributed by atoms with Gasteiger partial charge in [0.25, 0.3) is 5.91 Å². The van der Waals surface area contributed by atoms with E-state index in [4.69, 9.17) is 9.47 Å². The molecular weight excluding hydrogens is 294 g/mol. The summed E-state index contributed by atoms with van der Waals surface area (Å²) in [5, 5.41) is 9.40. The third-order valence-electron chi connectivity index (χ3n) is 3.98. The summed E-state index contributed by atoms with van der Waals surface area (Å²) >= 11 is 0. The van der Waals surface area contributed by atoms with Gasteiger partial charge in [-0.25, -0.2) is 0 Å². The summed E-state index contributed by atoms with van der Waals surface area (Å²) in [5.41, 5.74) is 3.82. The fourth-order valence-corrected chi connectivity index (χ4v) is 2.74. The van der Waals surface area contributed by atoms with E-state index in [0.29, 0.717) is 12.1 Å². The van der Waals surface area contributed by atoms with Crippen molar-refractivity contribution in [2.75, 3.05) is 18.8 Å². The van der Waals surface area contributed by atoms with Crippen LogP contribution in [0.15, 0.2) is 36.4 Å². The minimum Gasteiger partial charge on any atom is -0.454 e. The molecule has 0 saturated carbocycles. The lowest BCUT2D eigenvalue weighted by molar-refractivity contribution is 0.0950. The quantitative estimate of drug-likeness (QED) is 0.806. The zero-order valence-electron chi connectivity index (χ0n) is 12.5. The van der Waals surface area contributed by atoms with Crippen LogP contribution in [0.3, 0.4) is 0 Å². The third-order valence-corrected chi connectivity index (χ3v) is 3.98. The molecule has 0 fully saturated rings. The van der Waals surface area contributed by atoms with Gasteiger partial charge in [0, 0.05) is 24.3 Å². The van der Waals surface area contributed by atoms with E-state index in [2.05, 4.69) is 16.0 Å². The van der Waals surface area contributed by atoms with Gasteiger partial charge < -0.3 is 20.1 Å². The van der Waals surface area contributed by atoms with E-state index in [0.717, 1.165) is 41.5 Å². The fraction of sp³-hybridized carbons (Fsp3) is 0.235. The second kappa shape index (κ2) is 5.81. The Morgan fingerprint density at radius 3 is 3.00 bits per heavy atom. The average Bonchev–Trinajstić information content (AvgIpc) is 3.07. The number of carbonyl (C=O) groups excluding carboxylic acids is 1. The Balaban J connectivity index is 1.44. The molecule has 2 aliphatic rings. The number of hydrogen-bond acceptors (Lipinski definition) is 5. The Labute approximate surface area is 133 Å². The highest BCUT2D eigenvalue weighted by molar-refractivity contribution is 5.94. The number of fused-ring (bicyclic) bond motifs is 2. The molecule has 6 nitrogen and oxygen atoms in total. The monoisotopic (exact) mass is 311 g/mol. The number of benzene rings is 2. The van der Waals surface area contributed by atoms with Gasteiger partial charge in [0.2, 0.25) is 6.79 Å². The molecule has 0 unspecified atom stereocenters. The zero-order valence-corrected chi connectivity index (χ0v) is 12.5. The van der Waals surface area contributed by atoms with Crippen molar-refractivity contribution < 1.29 is 14.3 Å². The van der Waals surface area contributed by atoms with Crippen LogP contribution in [-0.2, 0) is 13.1 Å². The van der Waals surface area contributed by atoms with E-state index in [1.54, 1.807) is 0 Å². The fourth-order valence-electron chi connectivity index (χ4n) is 2.74. The summed E-state index contributed by atoms with van der Waals surface area (Å²) in [6.07, 6.45) is 0. The maximum atomic E-state index is 12.3. The van der Waals surface area contributed by atoms with Crippen LogP contribution in [0.5, 0.6) is 11.5 Å². The van der Waals surface area contributed by atoms with Crippen LogP contribution in [-0.4, -0.2) is 19.4 Å². The van der Waals surface area contributed by atoms with Crippen LogP contribution < -0.4 is 25.4 Å². The number of amides is 1. The predicted octanol–water partition coefficient (Wildman–Crippen LogP) is 1.82. The largest absolute Gasteiger partial charge is 0.454 e. The molecule has 2 heterocycles. The molecule has 2 aromatic rings. The number of rotatable bonds is 3. The van der Waals surface area contributed by atoms with E-state index < -0.39 is 0 Å². The minimum atomic E-state index is -0.0870. The summed E-state index contributed by atoms with van der Waals surface area (Å²) in [4.78, 5) is 12.3. The molecule has 6 heteroatoms. The van der Waals surface area contributed by atoms with Gasteiger partial charge in [0.05, 0.1) is 6.67 Å². The normalized spacial score (nSPS) is 14.8. The lowest BCUT2D eigenvalue weighted by Crippen LogP contribution is -2.28. The summed E-state index contributed by atoms with van der Waals surface area (Å²) < 4.78 is 10.6. The first-order chi connectivity index (χ1) is 11.3. The van der Waals surface area contributed by atoms with Crippen molar-refractivity contribution in [3.05, 3.63) is 53.1 Å². The predicted molar refractivity (Wildman–Crippen MR) is 85.5 cm³/mol. The van der Waals surface area contributed by atoms with Crippen molar-refractivity contribution in [2.45, 2.75) is 13.1 Å². The highest BCUT2D eigenvalue weighted by Gasteiger charge is 2.15. The lowest BCUT2D eigenvalue weighted by atomic mass is 10.1. The average molecular weight is 311 g/mol. The molecule has 118 valence electrons. The van der Waals surface area contributed by atoms with Gasteiger partial charge in [-0.15, -0.1) is 0 Å². The summed E-state index contributed by atoms with van der Waals surface area (Å²) in [7, 11) is 0. The smallest absolute Gasteiger partial charge is 0.251 e. The molecule has 1 amide bonds. The molecule has 0 spiro atoms. The van der Waals surface area contributed by atoms with Gasteiger partial charge in [-0.3, -0.25) is 10.1 Å². The first-order valence-electron chi connectivity index (χ1n) is 7.54. The Hall–Kier alpha value is -2.73. The van der Waals surface area contributed by atoms with Gasteiger partial charge >= 0.3 is 0 Å². The van der Waals surface area contributed by atoms with Crippen molar-refractivity contribution in [1.29, 1.82) is 0 Å². The standard InChI is InChI=1S/C17H17N3O3/c21-17(12-2-3-14-13(6-12)8-18-9-20-14)19-7-11-1-4-15-16(5-11)23-10-22-15/h1-6,18,20H,7-10H2,(H,19,21). The molecule has 0 atom stereocenters. The van der Waals surface area contributed by atoms with Crippen molar-refractivity contribution in [1.82, 2.24) is 10.6 Å². The molecule has 4 rings (SSSR count). The molecule has 0 aromatic heterocycles. The number of nitrogens with one attached hydrogen (secondary N) is 3.